The van der Waals surface area contributed by atoms with Gasteiger partial charge in [-0.05, 0) is 43.2 Å². The lowest BCUT2D eigenvalue weighted by Crippen LogP contribution is -2.37. The summed E-state index contributed by atoms with van der Waals surface area (Å²) in [5, 5.41) is 6.70. The number of fused-ring (bicyclic) bond motifs is 1. The van der Waals surface area contributed by atoms with Gasteiger partial charge in [0.05, 0.1) is 30.2 Å². The van der Waals surface area contributed by atoms with Gasteiger partial charge in [-0.1, -0.05) is 11.6 Å². The Hall–Kier alpha value is -2.60. The molecule has 1 aromatic carbocycles. The van der Waals surface area contributed by atoms with Crippen LogP contribution >= 0.6 is 11.6 Å². The number of benzene rings is 1. The van der Waals surface area contributed by atoms with Crippen molar-refractivity contribution in [1.82, 2.24) is 19.7 Å². The van der Waals surface area contributed by atoms with Crippen LogP contribution in [0.3, 0.4) is 0 Å². The highest BCUT2D eigenvalue weighted by molar-refractivity contribution is 6.30. The second kappa shape index (κ2) is 6.96. The van der Waals surface area contributed by atoms with Gasteiger partial charge in [-0.2, -0.15) is 5.10 Å². The van der Waals surface area contributed by atoms with Crippen LogP contribution in [0.4, 0.5) is 4.79 Å². The number of carbonyl (C=O) groups excluding carboxylic acids is 1. The molecule has 1 amide bonds. The highest BCUT2D eigenvalue weighted by Crippen LogP contribution is 2.33. The Morgan fingerprint density at radius 2 is 1.92 bits per heavy atom. The lowest BCUT2D eigenvalue weighted by atomic mass is 9.92. The van der Waals surface area contributed by atoms with E-state index in [1.807, 2.05) is 41.2 Å². The summed E-state index contributed by atoms with van der Waals surface area (Å²) in [6.45, 7) is 1.36. The summed E-state index contributed by atoms with van der Waals surface area (Å²) in [7, 11) is 1.42. The van der Waals surface area contributed by atoms with Crippen molar-refractivity contribution < 1.29 is 9.53 Å². The molecule has 0 N–H and O–H groups in total. The van der Waals surface area contributed by atoms with Gasteiger partial charge in [0.25, 0.3) is 0 Å². The SMILES string of the molecule is COC(=O)N1CCC(c2nn(-c3ccc(Cl)cc3)c3cnccc23)CC1. The molecule has 0 aliphatic carbocycles. The molecule has 0 radical (unpaired) electrons. The molecule has 26 heavy (non-hydrogen) atoms. The molecule has 4 rings (SSSR count). The highest BCUT2D eigenvalue weighted by atomic mass is 35.5. The zero-order valence-corrected chi connectivity index (χ0v) is 15.2. The van der Waals surface area contributed by atoms with Gasteiger partial charge in [-0.3, -0.25) is 4.98 Å². The van der Waals surface area contributed by atoms with Gasteiger partial charge in [0.15, 0.2) is 0 Å². The normalized spacial score (nSPS) is 15.4. The maximum absolute atomic E-state index is 11.7. The van der Waals surface area contributed by atoms with E-state index in [1.54, 1.807) is 11.1 Å². The maximum Gasteiger partial charge on any atom is 0.409 e. The second-order valence-electron chi connectivity index (χ2n) is 6.40. The second-order valence-corrected chi connectivity index (χ2v) is 6.83. The topological polar surface area (TPSA) is 60.2 Å². The summed E-state index contributed by atoms with van der Waals surface area (Å²) in [6.07, 6.45) is 5.10. The fourth-order valence-corrected chi connectivity index (χ4v) is 3.66. The number of carbonyl (C=O) groups is 1. The number of amides is 1. The number of hydrogen-bond donors (Lipinski definition) is 0. The number of piperidine rings is 1. The van der Waals surface area contributed by atoms with Crippen molar-refractivity contribution in [1.29, 1.82) is 0 Å². The van der Waals surface area contributed by atoms with Gasteiger partial charge in [0.2, 0.25) is 0 Å². The fourth-order valence-electron chi connectivity index (χ4n) is 3.53. The monoisotopic (exact) mass is 370 g/mol. The number of methoxy groups -OCH3 is 1. The van der Waals surface area contributed by atoms with Gasteiger partial charge in [-0.25, -0.2) is 9.48 Å². The predicted molar refractivity (Wildman–Crippen MR) is 99.8 cm³/mol. The molecule has 3 heterocycles. The third-order valence-electron chi connectivity index (χ3n) is 4.90. The van der Waals surface area contributed by atoms with E-state index in [0.717, 1.165) is 35.1 Å². The minimum Gasteiger partial charge on any atom is -0.453 e. The average Bonchev–Trinajstić information content (AvgIpc) is 3.08. The summed E-state index contributed by atoms with van der Waals surface area (Å²) in [6, 6.07) is 9.62. The quantitative estimate of drug-likeness (QED) is 0.683. The van der Waals surface area contributed by atoms with E-state index in [9.17, 15) is 4.79 Å². The summed E-state index contributed by atoms with van der Waals surface area (Å²) < 4.78 is 6.74. The molecule has 0 atom stereocenters. The van der Waals surface area contributed by atoms with Crippen LogP contribution in [0.2, 0.25) is 5.02 Å². The first-order valence-corrected chi connectivity index (χ1v) is 8.96. The van der Waals surface area contributed by atoms with Crippen molar-refractivity contribution in [3.63, 3.8) is 0 Å². The molecule has 134 valence electrons. The summed E-state index contributed by atoms with van der Waals surface area (Å²) in [5.74, 6) is 0.300. The Bertz CT molecular complexity index is 930. The number of likely N-dealkylation sites (tertiary alicyclic amines) is 1. The predicted octanol–water partition coefficient (Wildman–Crippen LogP) is 4.02. The highest BCUT2D eigenvalue weighted by Gasteiger charge is 2.27. The molecule has 2 aromatic heterocycles. The van der Waals surface area contributed by atoms with Crippen LogP contribution in [-0.2, 0) is 4.74 Å². The Morgan fingerprint density at radius 1 is 1.19 bits per heavy atom. The lowest BCUT2D eigenvalue weighted by molar-refractivity contribution is 0.112. The van der Waals surface area contributed by atoms with Crippen LogP contribution in [0.25, 0.3) is 16.6 Å². The molecule has 1 aliphatic rings. The number of rotatable bonds is 2. The smallest absolute Gasteiger partial charge is 0.409 e. The molecular formula is C19H19ClN4O2. The van der Waals surface area contributed by atoms with E-state index in [2.05, 4.69) is 4.98 Å². The van der Waals surface area contributed by atoms with Gasteiger partial charge in [0, 0.05) is 35.6 Å². The van der Waals surface area contributed by atoms with Gasteiger partial charge in [0.1, 0.15) is 0 Å². The number of ether oxygens (including phenoxy) is 1. The van der Waals surface area contributed by atoms with Crippen LogP contribution in [0.15, 0.2) is 42.7 Å². The van der Waals surface area contributed by atoms with Crippen molar-refractivity contribution in [3.05, 3.63) is 53.4 Å². The van der Waals surface area contributed by atoms with Crippen molar-refractivity contribution in [2.75, 3.05) is 20.2 Å². The maximum atomic E-state index is 11.7. The Morgan fingerprint density at radius 3 is 2.62 bits per heavy atom. The first kappa shape index (κ1) is 16.8. The van der Waals surface area contributed by atoms with E-state index in [0.29, 0.717) is 24.0 Å². The fraction of sp³-hybridized carbons (Fsp3) is 0.316. The molecule has 1 aliphatic heterocycles. The molecule has 1 saturated heterocycles. The summed E-state index contributed by atoms with van der Waals surface area (Å²) in [5.41, 5.74) is 2.98. The summed E-state index contributed by atoms with van der Waals surface area (Å²) in [4.78, 5) is 17.7. The van der Waals surface area contributed by atoms with Crippen LogP contribution in [0, 0.1) is 0 Å². The van der Waals surface area contributed by atoms with Crippen LogP contribution in [0.1, 0.15) is 24.5 Å². The van der Waals surface area contributed by atoms with Crippen LogP contribution in [-0.4, -0.2) is 46.0 Å². The number of aromatic nitrogens is 3. The van der Waals surface area contributed by atoms with E-state index in [1.165, 1.54) is 7.11 Å². The zero-order valence-electron chi connectivity index (χ0n) is 14.4. The van der Waals surface area contributed by atoms with Crippen LogP contribution < -0.4 is 0 Å². The molecular weight excluding hydrogens is 352 g/mol. The van der Waals surface area contributed by atoms with E-state index in [-0.39, 0.29) is 6.09 Å². The first-order valence-electron chi connectivity index (χ1n) is 8.59. The molecule has 0 spiro atoms. The number of pyridine rings is 1. The van der Waals surface area contributed by atoms with E-state index in [4.69, 9.17) is 21.4 Å². The molecule has 7 heteroatoms. The van der Waals surface area contributed by atoms with Crippen molar-refractivity contribution in [2.45, 2.75) is 18.8 Å². The molecule has 1 fully saturated rings. The Labute approximate surface area is 156 Å². The lowest BCUT2D eigenvalue weighted by Gasteiger charge is -2.30. The zero-order chi connectivity index (χ0) is 18.1. The first-order chi connectivity index (χ1) is 12.7. The standard InChI is InChI=1S/C19H19ClN4O2/c1-26-19(25)23-10-7-13(8-11-23)18-16-6-9-21-12-17(16)24(22-18)15-4-2-14(20)3-5-15/h2-6,9,12-13H,7-8,10-11H2,1H3. The molecule has 6 nitrogen and oxygen atoms in total. The van der Waals surface area contributed by atoms with Crippen molar-refractivity contribution >= 4 is 28.6 Å². The number of halogens is 1. The third-order valence-corrected chi connectivity index (χ3v) is 5.15. The largest absolute Gasteiger partial charge is 0.453 e. The average molecular weight is 371 g/mol. The molecule has 0 bridgehead atoms. The summed E-state index contributed by atoms with van der Waals surface area (Å²) >= 11 is 6.01. The van der Waals surface area contributed by atoms with Crippen LogP contribution in [0.5, 0.6) is 0 Å². The van der Waals surface area contributed by atoms with Crippen molar-refractivity contribution in [3.8, 4) is 5.69 Å². The molecule has 3 aromatic rings. The van der Waals surface area contributed by atoms with Gasteiger partial charge < -0.3 is 9.64 Å². The third kappa shape index (κ3) is 3.01. The van der Waals surface area contributed by atoms with E-state index >= 15 is 0 Å². The minimum atomic E-state index is -0.260. The minimum absolute atomic E-state index is 0.260. The molecule has 0 unspecified atom stereocenters. The van der Waals surface area contributed by atoms with Gasteiger partial charge >= 0.3 is 6.09 Å². The number of hydrogen-bond acceptors (Lipinski definition) is 4. The Kier molecular flexibility index (Phi) is 4.51. The Balaban J connectivity index is 1.68. The van der Waals surface area contributed by atoms with Crippen molar-refractivity contribution in [2.24, 2.45) is 0 Å². The van der Waals surface area contributed by atoms with Gasteiger partial charge in [-0.15, -0.1) is 0 Å². The van der Waals surface area contributed by atoms with E-state index < -0.39 is 0 Å². The molecule has 0 saturated carbocycles. The number of nitrogens with zero attached hydrogens (tertiary/aromatic N) is 4.